The predicted molar refractivity (Wildman–Crippen MR) is 101 cm³/mol. The number of fused-ring (bicyclic) bond motifs is 1. The van der Waals surface area contributed by atoms with Crippen molar-refractivity contribution >= 4 is 38.3 Å². The summed E-state index contributed by atoms with van der Waals surface area (Å²) in [4.78, 5) is 8.15. The highest BCUT2D eigenvalue weighted by Crippen LogP contribution is 2.38. The van der Waals surface area contributed by atoms with Crippen molar-refractivity contribution in [1.82, 2.24) is 19.7 Å². The summed E-state index contributed by atoms with van der Waals surface area (Å²) in [5.74, 6) is 5.77. The molecule has 4 rings (SSSR count). The van der Waals surface area contributed by atoms with Crippen LogP contribution in [0.15, 0.2) is 41.7 Å². The molecule has 1 aliphatic rings. The second kappa shape index (κ2) is 6.94. The van der Waals surface area contributed by atoms with E-state index in [0.29, 0.717) is 21.9 Å². The van der Waals surface area contributed by atoms with Crippen molar-refractivity contribution in [2.75, 3.05) is 5.43 Å². The number of aromatic nitrogens is 4. The molecule has 0 radical (unpaired) electrons. The Morgan fingerprint density at radius 3 is 2.57 bits per heavy atom. The molecule has 0 bridgehead atoms. The van der Waals surface area contributed by atoms with Crippen molar-refractivity contribution in [3.05, 3.63) is 41.8 Å². The van der Waals surface area contributed by atoms with Crippen LogP contribution in [0.4, 0.5) is 5.82 Å². The van der Waals surface area contributed by atoms with Gasteiger partial charge in [0.15, 0.2) is 21.3 Å². The first kappa shape index (κ1) is 19.0. The van der Waals surface area contributed by atoms with Gasteiger partial charge in [-0.1, -0.05) is 11.6 Å². The zero-order valence-corrected chi connectivity index (χ0v) is 15.9. The van der Waals surface area contributed by atoms with Gasteiger partial charge in [0.25, 0.3) is 0 Å². The molecule has 12 heteroatoms. The third kappa shape index (κ3) is 2.91. The van der Waals surface area contributed by atoms with Gasteiger partial charge in [-0.2, -0.15) is 5.10 Å². The van der Waals surface area contributed by atoms with Crippen LogP contribution in [0.25, 0.3) is 11.0 Å². The van der Waals surface area contributed by atoms with Crippen LogP contribution < -0.4 is 11.3 Å². The number of nitrogen functional groups attached to an aromatic ring is 1. The second-order valence-corrected chi connectivity index (χ2v) is 9.12. The summed E-state index contributed by atoms with van der Waals surface area (Å²) >= 11 is 5.82. The minimum atomic E-state index is -3.90. The van der Waals surface area contributed by atoms with Crippen molar-refractivity contribution in [1.29, 1.82) is 0 Å². The van der Waals surface area contributed by atoms with Crippen molar-refractivity contribution in [3.63, 3.8) is 0 Å². The van der Waals surface area contributed by atoms with Gasteiger partial charge in [0, 0.05) is 5.02 Å². The molecule has 0 unspecified atom stereocenters. The summed E-state index contributed by atoms with van der Waals surface area (Å²) in [6.07, 6.45) is -0.141. The van der Waals surface area contributed by atoms with Crippen LogP contribution in [-0.4, -0.2) is 55.8 Å². The van der Waals surface area contributed by atoms with E-state index in [2.05, 4.69) is 20.5 Å². The lowest BCUT2D eigenvalue weighted by molar-refractivity contribution is 0.0229. The largest absolute Gasteiger partial charge is 0.389 e. The fourth-order valence-corrected chi connectivity index (χ4v) is 5.51. The first-order valence-corrected chi connectivity index (χ1v) is 10.3. The van der Waals surface area contributed by atoms with Crippen LogP contribution in [0.5, 0.6) is 0 Å². The first-order valence-electron chi connectivity index (χ1n) is 8.35. The van der Waals surface area contributed by atoms with Gasteiger partial charge in [-0.3, -0.25) is 0 Å². The van der Waals surface area contributed by atoms with Crippen molar-refractivity contribution in [3.8, 4) is 0 Å². The van der Waals surface area contributed by atoms with Crippen molar-refractivity contribution in [2.24, 2.45) is 5.84 Å². The smallest absolute Gasteiger partial charge is 0.183 e. The summed E-state index contributed by atoms with van der Waals surface area (Å²) in [7, 11) is -3.90. The molecule has 148 valence electrons. The molecule has 1 aliphatic carbocycles. The Hall–Kier alpha value is -2.31. The number of sulfone groups is 1. The molecule has 1 fully saturated rings. The number of hydrogen-bond donors (Lipinski definition) is 4. The molecule has 1 saturated carbocycles. The predicted octanol–water partition coefficient (Wildman–Crippen LogP) is 0.274. The van der Waals surface area contributed by atoms with Gasteiger partial charge in [-0.15, -0.1) is 0 Å². The van der Waals surface area contributed by atoms with Gasteiger partial charge in [-0.05, 0) is 30.7 Å². The number of rotatable bonds is 4. The number of benzene rings is 1. The zero-order chi connectivity index (χ0) is 20.1. The van der Waals surface area contributed by atoms with Gasteiger partial charge in [0.05, 0.1) is 33.9 Å². The molecular weight excluding hydrogens is 408 g/mol. The standard InChI is InChI=1S/C16H17ClN6O4S/c17-8-1-3-9(4-2-8)28(26,27)12-5-11(13(24)14(12)25)23-16-10(6-21-23)15(22-18)19-7-20-16/h1-4,6-7,11-14,24-25H,5,18H2,(H,19,20,22)/t11-,12+,13+,14-/m1/s1. The van der Waals surface area contributed by atoms with E-state index < -0.39 is 33.3 Å². The normalized spacial score (nSPS) is 25.3. The number of anilines is 1. The Kier molecular flexibility index (Phi) is 4.71. The highest BCUT2D eigenvalue weighted by atomic mass is 35.5. The molecular formula is C16H17ClN6O4S. The molecule has 0 aliphatic heterocycles. The maximum atomic E-state index is 13.0. The van der Waals surface area contributed by atoms with Crippen molar-refractivity contribution < 1.29 is 18.6 Å². The van der Waals surface area contributed by atoms with E-state index >= 15 is 0 Å². The number of hydrogen-bond acceptors (Lipinski definition) is 9. The lowest BCUT2D eigenvalue weighted by atomic mass is 10.2. The minimum Gasteiger partial charge on any atom is -0.389 e. The Morgan fingerprint density at radius 1 is 1.18 bits per heavy atom. The van der Waals surface area contributed by atoms with Crippen LogP contribution in [0.1, 0.15) is 12.5 Å². The van der Waals surface area contributed by atoms with Crippen LogP contribution >= 0.6 is 11.6 Å². The molecule has 28 heavy (non-hydrogen) atoms. The first-order chi connectivity index (χ1) is 13.3. The highest BCUT2D eigenvalue weighted by Gasteiger charge is 2.49. The summed E-state index contributed by atoms with van der Waals surface area (Å²) < 4.78 is 27.4. The van der Waals surface area contributed by atoms with Crippen LogP contribution in [0, 0.1) is 0 Å². The number of aliphatic hydroxyl groups is 2. The molecule has 2 aromatic heterocycles. The molecule has 2 heterocycles. The van der Waals surface area contributed by atoms with Gasteiger partial charge < -0.3 is 15.6 Å². The molecule has 0 spiro atoms. The number of aliphatic hydroxyl groups excluding tert-OH is 2. The van der Waals surface area contributed by atoms with E-state index in [4.69, 9.17) is 17.4 Å². The maximum absolute atomic E-state index is 13.0. The van der Waals surface area contributed by atoms with Gasteiger partial charge in [0.1, 0.15) is 12.4 Å². The fourth-order valence-electron chi connectivity index (χ4n) is 3.54. The Morgan fingerprint density at radius 2 is 1.89 bits per heavy atom. The quantitative estimate of drug-likeness (QED) is 0.341. The number of nitrogens with two attached hydrogens (primary N) is 1. The topological polar surface area (TPSA) is 156 Å². The number of nitrogens with zero attached hydrogens (tertiary/aromatic N) is 4. The third-order valence-corrected chi connectivity index (χ3v) is 7.43. The Bertz CT molecular complexity index is 1120. The summed E-state index contributed by atoms with van der Waals surface area (Å²) in [5.41, 5.74) is 2.79. The van der Waals surface area contributed by atoms with Crippen LogP contribution in [0.2, 0.25) is 5.02 Å². The second-order valence-electron chi connectivity index (χ2n) is 6.51. The molecule has 0 amide bonds. The molecule has 5 N–H and O–H groups in total. The van der Waals surface area contributed by atoms with Gasteiger partial charge >= 0.3 is 0 Å². The van der Waals surface area contributed by atoms with E-state index in [0.717, 1.165) is 0 Å². The molecule has 0 saturated heterocycles. The van der Waals surface area contributed by atoms with E-state index in [1.54, 1.807) is 0 Å². The monoisotopic (exact) mass is 424 g/mol. The number of halogens is 1. The molecule has 1 aromatic carbocycles. The van der Waals surface area contributed by atoms with E-state index in [-0.39, 0.29) is 11.3 Å². The van der Waals surface area contributed by atoms with Crippen molar-refractivity contribution in [2.45, 2.75) is 34.8 Å². The number of nitrogens with one attached hydrogen (secondary N) is 1. The zero-order valence-electron chi connectivity index (χ0n) is 14.3. The highest BCUT2D eigenvalue weighted by molar-refractivity contribution is 7.92. The third-order valence-electron chi connectivity index (χ3n) is 4.98. The minimum absolute atomic E-state index is 0.0241. The summed E-state index contributed by atoms with van der Waals surface area (Å²) in [5, 5.41) is 25.0. The fraction of sp³-hybridized carbons (Fsp3) is 0.312. The lowest BCUT2D eigenvalue weighted by Gasteiger charge is -2.17. The van der Waals surface area contributed by atoms with E-state index in [9.17, 15) is 18.6 Å². The van der Waals surface area contributed by atoms with Gasteiger partial charge in [-0.25, -0.2) is 28.9 Å². The Labute approximate surface area is 164 Å². The SMILES string of the molecule is NNc1ncnc2c1cnn2[C@@H]1C[C@H](S(=O)(=O)c2ccc(Cl)cc2)[C@@H](O)[C@H]1O. The van der Waals surface area contributed by atoms with E-state index in [1.165, 1.54) is 41.5 Å². The van der Waals surface area contributed by atoms with E-state index in [1.807, 2.05) is 0 Å². The molecule has 4 atom stereocenters. The molecule has 3 aromatic rings. The Balaban J connectivity index is 1.72. The lowest BCUT2D eigenvalue weighted by Crippen LogP contribution is -2.35. The molecule has 10 nitrogen and oxygen atoms in total. The number of hydrazine groups is 1. The maximum Gasteiger partial charge on any atom is 0.183 e. The average molecular weight is 425 g/mol. The van der Waals surface area contributed by atoms with Crippen LogP contribution in [-0.2, 0) is 9.84 Å². The summed E-state index contributed by atoms with van der Waals surface area (Å²) in [6.45, 7) is 0. The summed E-state index contributed by atoms with van der Waals surface area (Å²) in [6, 6.07) is 4.88. The average Bonchev–Trinajstić information content (AvgIpc) is 3.24. The van der Waals surface area contributed by atoms with Crippen LogP contribution in [0.3, 0.4) is 0 Å². The van der Waals surface area contributed by atoms with Gasteiger partial charge in [0.2, 0.25) is 0 Å².